The van der Waals surface area contributed by atoms with Crippen molar-refractivity contribution in [2.75, 3.05) is 13.2 Å². The van der Waals surface area contributed by atoms with Gasteiger partial charge < -0.3 is 44.1 Å². The van der Waals surface area contributed by atoms with Gasteiger partial charge in [0.2, 0.25) is 0 Å². The summed E-state index contributed by atoms with van der Waals surface area (Å²) in [5.41, 5.74) is 3.50. The molecule has 10 atom stereocenters. The molecule has 2 saturated heterocycles. The fourth-order valence-electron chi connectivity index (χ4n) is 6.24. The third-order valence-electron chi connectivity index (χ3n) is 8.92. The van der Waals surface area contributed by atoms with E-state index < -0.39 is 61.7 Å². The zero-order valence-electron chi connectivity index (χ0n) is 26.7. The number of hydrogen-bond acceptors (Lipinski definition) is 11. The number of ether oxygens (including phenoxy) is 5. The van der Waals surface area contributed by atoms with E-state index in [0.29, 0.717) is 25.5 Å². The number of benzene rings is 3. The lowest BCUT2D eigenvalue weighted by molar-refractivity contribution is -0.254. The van der Waals surface area contributed by atoms with Crippen LogP contribution in [0.2, 0.25) is 0 Å². The maximum atomic E-state index is 10.7. The lowest BCUT2D eigenvalue weighted by Crippen LogP contribution is -2.56. The Morgan fingerprint density at radius 3 is 1.83 bits per heavy atom. The third-order valence-corrected chi connectivity index (χ3v) is 8.92. The smallest absolute Gasteiger partial charge is 0.180 e. The molecule has 0 spiro atoms. The zero-order valence-corrected chi connectivity index (χ0v) is 26.7. The molecule has 3 heterocycles. The maximum Gasteiger partial charge on any atom is 0.180 e. The maximum absolute atomic E-state index is 10.7. The molecular formula is C36H43N3O9. The van der Waals surface area contributed by atoms with Crippen LogP contribution in [-0.2, 0) is 43.5 Å². The van der Waals surface area contributed by atoms with Crippen LogP contribution in [0.1, 0.15) is 41.6 Å². The van der Waals surface area contributed by atoms with Gasteiger partial charge in [0.25, 0.3) is 0 Å². The van der Waals surface area contributed by atoms with Gasteiger partial charge in [-0.3, -0.25) is 0 Å². The number of nitrogens with zero attached hydrogens (tertiary/aromatic N) is 3. The topological polar surface area (TPSA) is 158 Å². The first-order valence-corrected chi connectivity index (χ1v) is 16.2. The number of aromatic nitrogens is 3. The van der Waals surface area contributed by atoms with Gasteiger partial charge in [-0.15, -0.1) is 5.10 Å². The van der Waals surface area contributed by atoms with E-state index in [1.165, 1.54) is 4.68 Å². The van der Waals surface area contributed by atoms with E-state index in [2.05, 4.69) is 10.3 Å². The van der Waals surface area contributed by atoms with Gasteiger partial charge in [0.1, 0.15) is 48.4 Å². The summed E-state index contributed by atoms with van der Waals surface area (Å²) in [6, 6.07) is 29.7. The summed E-state index contributed by atoms with van der Waals surface area (Å²) in [7, 11) is 0. The summed E-state index contributed by atoms with van der Waals surface area (Å²) in [5.74, 6) is -0.278. The third kappa shape index (κ3) is 8.00. The Labute approximate surface area is 279 Å². The van der Waals surface area contributed by atoms with Crippen LogP contribution in [0.25, 0.3) is 0 Å². The van der Waals surface area contributed by atoms with Crippen LogP contribution in [-0.4, -0.2) is 91.4 Å². The average Bonchev–Trinajstić information content (AvgIpc) is 3.61. The summed E-state index contributed by atoms with van der Waals surface area (Å²) in [6.45, 7) is 2.75. The molecule has 1 aromatic heterocycles. The van der Waals surface area contributed by atoms with Gasteiger partial charge >= 0.3 is 0 Å². The van der Waals surface area contributed by atoms with E-state index in [4.69, 9.17) is 23.7 Å². The second kappa shape index (κ2) is 16.2. The predicted octanol–water partition coefficient (Wildman–Crippen LogP) is 2.71. The minimum atomic E-state index is -1.55. The molecule has 0 radical (unpaired) electrons. The zero-order chi connectivity index (χ0) is 33.5. The van der Waals surface area contributed by atoms with Gasteiger partial charge in [-0.1, -0.05) is 103 Å². The quantitative estimate of drug-likeness (QED) is 0.167. The monoisotopic (exact) mass is 661 g/mol. The molecule has 6 rings (SSSR count). The van der Waals surface area contributed by atoms with Crippen molar-refractivity contribution in [2.24, 2.45) is 5.92 Å². The van der Waals surface area contributed by atoms with Crippen molar-refractivity contribution in [1.29, 1.82) is 0 Å². The van der Waals surface area contributed by atoms with E-state index in [1.807, 2.05) is 97.9 Å². The fraction of sp³-hybridized carbons (Fsp3) is 0.444. The van der Waals surface area contributed by atoms with E-state index in [1.54, 1.807) is 6.20 Å². The van der Waals surface area contributed by atoms with Gasteiger partial charge in [0.05, 0.1) is 45.3 Å². The second-order valence-electron chi connectivity index (χ2n) is 12.3. The van der Waals surface area contributed by atoms with Crippen LogP contribution in [0.4, 0.5) is 0 Å². The van der Waals surface area contributed by atoms with Crippen LogP contribution < -0.4 is 0 Å². The Morgan fingerprint density at radius 1 is 0.688 bits per heavy atom. The fourth-order valence-corrected chi connectivity index (χ4v) is 6.24. The second-order valence-corrected chi connectivity index (χ2v) is 12.3. The molecule has 48 heavy (non-hydrogen) atoms. The highest BCUT2D eigenvalue weighted by molar-refractivity contribution is 5.16. The first-order chi connectivity index (χ1) is 23.4. The molecule has 4 aromatic rings. The Kier molecular flexibility index (Phi) is 11.6. The average molecular weight is 662 g/mol. The molecule has 12 heteroatoms. The summed E-state index contributed by atoms with van der Waals surface area (Å²) < 4.78 is 33.2. The van der Waals surface area contributed by atoms with E-state index in [-0.39, 0.29) is 12.5 Å². The molecule has 2 fully saturated rings. The highest BCUT2D eigenvalue weighted by Gasteiger charge is 2.48. The van der Waals surface area contributed by atoms with Crippen molar-refractivity contribution in [2.45, 2.75) is 81.8 Å². The largest absolute Gasteiger partial charge is 0.394 e. The Morgan fingerprint density at radius 2 is 1.25 bits per heavy atom. The number of hydrogen-bond donors (Lipinski definition) is 4. The van der Waals surface area contributed by atoms with Crippen molar-refractivity contribution in [3.63, 3.8) is 0 Å². The van der Waals surface area contributed by atoms with Crippen LogP contribution >= 0.6 is 0 Å². The minimum Gasteiger partial charge on any atom is -0.394 e. The molecule has 3 aromatic carbocycles. The molecule has 0 amide bonds. The van der Waals surface area contributed by atoms with Gasteiger partial charge in [0.15, 0.2) is 6.23 Å². The molecule has 4 N–H and O–H groups in total. The van der Waals surface area contributed by atoms with Gasteiger partial charge in [-0.25, -0.2) is 4.68 Å². The van der Waals surface area contributed by atoms with Gasteiger partial charge in [-0.2, -0.15) is 0 Å². The van der Waals surface area contributed by atoms with Crippen molar-refractivity contribution >= 4 is 0 Å². The van der Waals surface area contributed by atoms with Gasteiger partial charge in [-0.05, 0) is 16.7 Å². The number of aliphatic hydroxyl groups is 4. The normalized spacial score (nSPS) is 30.7. The highest BCUT2D eigenvalue weighted by Crippen LogP contribution is 2.40. The summed E-state index contributed by atoms with van der Waals surface area (Å²) in [6.07, 6.45) is -7.39. The molecule has 0 bridgehead atoms. The molecule has 0 saturated carbocycles. The Bertz CT molecular complexity index is 1530. The molecule has 0 unspecified atom stereocenters. The molecule has 0 aliphatic carbocycles. The SMILES string of the molecule is C[C@H]1[C@@H](OCc2ccccc2)[C@H](OCc2ccccc2)[C@@H](COCc2ccccc2)O[C@@H]1c1cn([C@H]2O[C@H](CO)[C@@H](O)[C@H](O)[C@@H]2O)nn1. The van der Waals surface area contributed by atoms with Crippen molar-refractivity contribution in [3.8, 4) is 0 Å². The lowest BCUT2D eigenvalue weighted by atomic mass is 9.86. The van der Waals surface area contributed by atoms with E-state index >= 15 is 0 Å². The molecule has 2 aliphatic heterocycles. The molecule has 256 valence electrons. The molecular weight excluding hydrogens is 618 g/mol. The summed E-state index contributed by atoms with van der Waals surface area (Å²) >= 11 is 0. The molecule has 2 aliphatic rings. The molecule has 12 nitrogen and oxygen atoms in total. The van der Waals surface area contributed by atoms with Crippen LogP contribution in [0.5, 0.6) is 0 Å². The van der Waals surface area contributed by atoms with Crippen molar-refractivity contribution in [3.05, 3.63) is 120 Å². The predicted molar refractivity (Wildman–Crippen MR) is 172 cm³/mol. The van der Waals surface area contributed by atoms with Gasteiger partial charge in [0, 0.05) is 5.92 Å². The Hall–Kier alpha value is -3.56. The lowest BCUT2D eigenvalue weighted by Gasteiger charge is -2.45. The summed E-state index contributed by atoms with van der Waals surface area (Å²) in [4.78, 5) is 0. The first kappa shape index (κ1) is 34.3. The first-order valence-electron chi connectivity index (χ1n) is 16.2. The van der Waals surface area contributed by atoms with Crippen molar-refractivity contribution < 1.29 is 44.1 Å². The number of aliphatic hydroxyl groups excluding tert-OH is 4. The van der Waals surface area contributed by atoms with E-state index in [9.17, 15) is 20.4 Å². The van der Waals surface area contributed by atoms with E-state index in [0.717, 1.165) is 16.7 Å². The van der Waals surface area contributed by atoms with Crippen molar-refractivity contribution in [1.82, 2.24) is 15.0 Å². The minimum absolute atomic E-state index is 0.212. The Balaban J connectivity index is 1.27. The van der Waals surface area contributed by atoms with Crippen LogP contribution in [0.15, 0.2) is 97.2 Å². The number of rotatable bonds is 13. The summed E-state index contributed by atoms with van der Waals surface area (Å²) in [5, 5.41) is 49.5. The highest BCUT2D eigenvalue weighted by atomic mass is 16.6. The van der Waals surface area contributed by atoms with Crippen LogP contribution in [0.3, 0.4) is 0 Å². The standard InChI is InChI=1S/C36H43N3O9/c1-23-33(27-17-39(38-37-27)36-32(43)31(42)30(41)28(18-40)48-36)47-29(22-44-19-24-11-5-2-6-12-24)35(46-21-26-15-9-4-10-16-26)34(23)45-20-25-13-7-3-8-14-25/h2-17,23,28-36,40-43H,18-22H2,1H3/t23-,28-,29-,30-,31+,32+,33+,34-,35-,36+/m1/s1. The van der Waals surface area contributed by atoms with Crippen LogP contribution in [0, 0.1) is 5.92 Å².